The van der Waals surface area contributed by atoms with Crippen molar-refractivity contribution in [1.82, 2.24) is 4.98 Å². The van der Waals surface area contributed by atoms with Crippen LogP contribution in [0.1, 0.15) is 0 Å². The van der Waals surface area contributed by atoms with Crippen LogP contribution in [-0.2, 0) is 0 Å². The second-order valence-electron chi connectivity index (χ2n) is 2.02. The Balaban J connectivity index is 2.85. The molecule has 0 saturated carbocycles. The third kappa shape index (κ3) is 2.01. The summed E-state index contributed by atoms with van der Waals surface area (Å²) in [7, 11) is 1.67. The van der Waals surface area contributed by atoms with Gasteiger partial charge < -0.3 is 4.90 Å². The van der Waals surface area contributed by atoms with Gasteiger partial charge in [-0.15, -0.1) is 0 Å². The lowest BCUT2D eigenvalue weighted by Gasteiger charge is -2.11. The average molecular weight is 215 g/mol. The van der Waals surface area contributed by atoms with Gasteiger partial charge in [-0.1, -0.05) is 0 Å². The molecule has 3 nitrogen and oxygen atoms in total. The van der Waals surface area contributed by atoms with Crippen LogP contribution in [0.25, 0.3) is 0 Å². The summed E-state index contributed by atoms with van der Waals surface area (Å²) < 4.78 is 0. The smallest absolute Gasteiger partial charge is 0.293 e. The molecule has 0 unspecified atom stereocenters. The fourth-order valence-corrected chi connectivity index (χ4v) is 0.858. The first kappa shape index (κ1) is 8.20. The first-order valence-corrected chi connectivity index (χ1v) is 3.84. The Morgan fingerprint density at radius 3 is 2.91 bits per heavy atom. The summed E-state index contributed by atoms with van der Waals surface area (Å²) in [6.07, 6.45) is 3.29. The van der Waals surface area contributed by atoms with Gasteiger partial charge in [0.15, 0.2) is 0 Å². The lowest BCUT2D eigenvalue weighted by molar-refractivity contribution is 0.267. The van der Waals surface area contributed by atoms with Crippen molar-refractivity contribution in [3.63, 3.8) is 0 Å². The van der Waals surface area contributed by atoms with Gasteiger partial charge >= 0.3 is 0 Å². The van der Waals surface area contributed by atoms with Crippen LogP contribution < -0.4 is 4.90 Å². The SMILES string of the molecule is CN(C(=O)Br)c1cccnc1. The molecular formula is C7H7BrN2O. The van der Waals surface area contributed by atoms with Gasteiger partial charge in [-0.05, 0) is 12.1 Å². The highest BCUT2D eigenvalue weighted by Gasteiger charge is 2.04. The molecule has 0 aliphatic carbocycles. The third-order valence-electron chi connectivity index (χ3n) is 1.30. The quantitative estimate of drug-likeness (QED) is 0.530. The number of rotatable bonds is 1. The molecule has 0 spiro atoms. The number of halogens is 1. The van der Waals surface area contributed by atoms with Gasteiger partial charge in [0, 0.05) is 29.2 Å². The second kappa shape index (κ2) is 3.48. The van der Waals surface area contributed by atoms with Gasteiger partial charge in [-0.2, -0.15) is 0 Å². The van der Waals surface area contributed by atoms with E-state index in [1.807, 2.05) is 6.07 Å². The third-order valence-corrected chi connectivity index (χ3v) is 1.83. The van der Waals surface area contributed by atoms with E-state index < -0.39 is 0 Å². The van der Waals surface area contributed by atoms with Gasteiger partial charge in [-0.25, -0.2) is 0 Å². The van der Waals surface area contributed by atoms with Crippen molar-refractivity contribution in [1.29, 1.82) is 0 Å². The molecule has 1 rings (SSSR count). The van der Waals surface area contributed by atoms with E-state index in [0.29, 0.717) is 0 Å². The van der Waals surface area contributed by atoms with Crippen molar-refractivity contribution in [2.75, 3.05) is 11.9 Å². The molecule has 0 aromatic carbocycles. The van der Waals surface area contributed by atoms with Crippen LogP contribution in [0.15, 0.2) is 24.5 Å². The van der Waals surface area contributed by atoms with Crippen molar-refractivity contribution in [2.45, 2.75) is 0 Å². The molecule has 1 aromatic heterocycles. The largest absolute Gasteiger partial charge is 0.304 e. The van der Waals surface area contributed by atoms with Gasteiger partial charge in [0.1, 0.15) is 0 Å². The summed E-state index contributed by atoms with van der Waals surface area (Å²) >= 11 is 2.84. The molecule has 0 aliphatic heterocycles. The van der Waals surface area contributed by atoms with Crippen molar-refractivity contribution in [2.24, 2.45) is 0 Å². The monoisotopic (exact) mass is 214 g/mol. The molecule has 0 saturated heterocycles. The molecular weight excluding hydrogens is 208 g/mol. The Bertz CT molecular complexity index is 250. The summed E-state index contributed by atoms with van der Waals surface area (Å²) in [5.41, 5.74) is 0.773. The summed E-state index contributed by atoms with van der Waals surface area (Å²) in [4.78, 5) is 15.9. The van der Waals surface area contributed by atoms with E-state index in [9.17, 15) is 4.79 Å². The van der Waals surface area contributed by atoms with E-state index in [1.54, 1.807) is 25.5 Å². The maximum Gasteiger partial charge on any atom is 0.293 e. The first-order valence-electron chi connectivity index (χ1n) is 3.05. The zero-order chi connectivity index (χ0) is 8.27. The zero-order valence-electron chi connectivity index (χ0n) is 5.99. The number of hydrogen-bond acceptors (Lipinski definition) is 2. The maximum atomic E-state index is 10.8. The molecule has 58 valence electrons. The highest BCUT2D eigenvalue weighted by atomic mass is 79.9. The normalized spacial score (nSPS) is 9.27. The van der Waals surface area contributed by atoms with Gasteiger partial charge in [0.25, 0.3) is 4.82 Å². The number of amides is 1. The second-order valence-corrected chi connectivity index (χ2v) is 2.70. The van der Waals surface area contributed by atoms with E-state index in [-0.39, 0.29) is 4.82 Å². The first-order chi connectivity index (χ1) is 5.22. The highest BCUT2D eigenvalue weighted by molar-refractivity contribution is 9.18. The number of aromatic nitrogens is 1. The standard InChI is InChI=1S/C7H7BrN2O/c1-10(7(8)11)6-3-2-4-9-5-6/h2-5H,1H3. The molecule has 11 heavy (non-hydrogen) atoms. The molecule has 0 aliphatic rings. The lowest BCUT2D eigenvalue weighted by Crippen LogP contribution is -2.18. The van der Waals surface area contributed by atoms with Crippen LogP contribution in [-0.4, -0.2) is 16.8 Å². The minimum atomic E-state index is -0.175. The van der Waals surface area contributed by atoms with Crippen LogP contribution >= 0.6 is 15.9 Å². The summed E-state index contributed by atoms with van der Waals surface area (Å²) in [5, 5.41) is 0. The highest BCUT2D eigenvalue weighted by Crippen LogP contribution is 2.11. The zero-order valence-corrected chi connectivity index (χ0v) is 7.58. The summed E-state index contributed by atoms with van der Waals surface area (Å²) in [6, 6.07) is 3.59. The molecule has 0 bridgehead atoms. The van der Waals surface area contributed by atoms with E-state index in [1.165, 1.54) is 4.90 Å². The molecule has 4 heteroatoms. The van der Waals surface area contributed by atoms with Crippen molar-refractivity contribution >= 4 is 26.4 Å². The van der Waals surface area contributed by atoms with E-state index >= 15 is 0 Å². The number of carbonyl (C=O) groups excluding carboxylic acids is 1. The lowest BCUT2D eigenvalue weighted by atomic mass is 10.4. The van der Waals surface area contributed by atoms with Crippen LogP contribution in [0.3, 0.4) is 0 Å². The van der Waals surface area contributed by atoms with Crippen molar-refractivity contribution in [3.05, 3.63) is 24.5 Å². The number of pyridine rings is 1. The minimum Gasteiger partial charge on any atom is -0.304 e. The Morgan fingerprint density at radius 2 is 2.45 bits per heavy atom. The molecule has 0 fully saturated rings. The Labute approximate surface area is 73.2 Å². The number of carbonyl (C=O) groups is 1. The van der Waals surface area contributed by atoms with Gasteiger partial charge in [-0.3, -0.25) is 9.78 Å². The predicted molar refractivity (Wildman–Crippen MR) is 47.0 cm³/mol. The fourth-order valence-electron chi connectivity index (χ4n) is 0.654. The minimum absolute atomic E-state index is 0.175. The molecule has 1 aromatic rings. The molecule has 0 atom stereocenters. The van der Waals surface area contributed by atoms with Crippen LogP contribution in [0.4, 0.5) is 10.5 Å². The molecule has 0 radical (unpaired) electrons. The number of anilines is 1. The van der Waals surface area contributed by atoms with Crippen molar-refractivity contribution < 1.29 is 4.79 Å². The van der Waals surface area contributed by atoms with Crippen LogP contribution in [0.2, 0.25) is 0 Å². The number of hydrogen-bond donors (Lipinski definition) is 0. The maximum absolute atomic E-state index is 10.8. The molecule has 1 amide bonds. The van der Waals surface area contributed by atoms with Gasteiger partial charge in [0.2, 0.25) is 0 Å². The topological polar surface area (TPSA) is 33.2 Å². The van der Waals surface area contributed by atoms with E-state index in [2.05, 4.69) is 20.9 Å². The van der Waals surface area contributed by atoms with Crippen LogP contribution in [0.5, 0.6) is 0 Å². The van der Waals surface area contributed by atoms with E-state index in [4.69, 9.17) is 0 Å². The Kier molecular flexibility index (Phi) is 2.59. The van der Waals surface area contributed by atoms with E-state index in [0.717, 1.165) is 5.69 Å². The summed E-state index contributed by atoms with van der Waals surface area (Å²) in [6.45, 7) is 0. The molecule has 1 heterocycles. The molecule has 0 N–H and O–H groups in total. The fraction of sp³-hybridized carbons (Fsp3) is 0.143. The van der Waals surface area contributed by atoms with Gasteiger partial charge in [0.05, 0.1) is 11.9 Å². The van der Waals surface area contributed by atoms with Crippen LogP contribution in [0, 0.1) is 0 Å². The number of nitrogens with zero attached hydrogens (tertiary/aromatic N) is 2. The average Bonchev–Trinajstić information content (AvgIpc) is 2.05. The Morgan fingerprint density at radius 1 is 1.73 bits per heavy atom. The van der Waals surface area contributed by atoms with Crippen molar-refractivity contribution in [3.8, 4) is 0 Å². The summed E-state index contributed by atoms with van der Waals surface area (Å²) in [5.74, 6) is 0. The Hall–Kier alpha value is -0.900. The predicted octanol–water partition coefficient (Wildman–Crippen LogP) is 2.03.